The van der Waals surface area contributed by atoms with Crippen LogP contribution in [0.15, 0.2) is 18.2 Å². The summed E-state index contributed by atoms with van der Waals surface area (Å²) in [7, 11) is 0. The lowest BCUT2D eigenvalue weighted by molar-refractivity contribution is -0.136. The van der Waals surface area contributed by atoms with Gasteiger partial charge < -0.3 is 14.7 Å². The van der Waals surface area contributed by atoms with Crippen LogP contribution in [0.5, 0.6) is 5.75 Å². The molecule has 0 aromatic heterocycles. The number of hydrogen-bond acceptors (Lipinski definition) is 4. The fraction of sp³-hybridized carbons (Fsp3) is 0.467. The number of ketones is 1. The molecule has 0 bridgehead atoms. The Morgan fingerprint density at radius 1 is 1.33 bits per heavy atom. The zero-order valence-electron chi connectivity index (χ0n) is 11.4. The molecule has 1 amide bonds. The van der Waals surface area contributed by atoms with E-state index in [0.29, 0.717) is 6.54 Å². The van der Waals surface area contributed by atoms with E-state index in [4.69, 9.17) is 4.74 Å². The monoisotopic (exact) mass is 293 g/mol. The Morgan fingerprint density at radius 3 is 2.76 bits per heavy atom. The Labute approximate surface area is 121 Å². The number of aromatic hydroxyl groups is 1. The van der Waals surface area contributed by atoms with E-state index in [-0.39, 0.29) is 30.4 Å². The third-order valence-corrected chi connectivity index (χ3v) is 3.84. The molecule has 1 aliphatic carbocycles. The van der Waals surface area contributed by atoms with Gasteiger partial charge in [0.2, 0.25) is 0 Å². The number of carbonyl (C=O) groups is 2. The molecule has 1 unspecified atom stereocenters. The molecule has 1 aliphatic heterocycles. The zero-order chi connectivity index (χ0) is 15.0. The first-order valence-electron chi connectivity index (χ1n) is 6.99. The van der Waals surface area contributed by atoms with Crippen LogP contribution in [0.1, 0.15) is 23.2 Å². The minimum atomic E-state index is -0.604. The molecule has 5 nitrogen and oxygen atoms in total. The average molecular weight is 293 g/mol. The highest BCUT2D eigenvalue weighted by molar-refractivity contribution is 5.97. The number of amides is 1. The van der Waals surface area contributed by atoms with Crippen LogP contribution in [0.3, 0.4) is 0 Å². The van der Waals surface area contributed by atoms with E-state index in [0.717, 1.165) is 25.0 Å². The number of benzene rings is 1. The Kier molecular flexibility index (Phi) is 3.63. The molecule has 1 atom stereocenters. The van der Waals surface area contributed by atoms with Crippen molar-refractivity contribution in [1.29, 1.82) is 0 Å². The smallest absolute Gasteiger partial charge is 0.257 e. The molecule has 1 N–H and O–H groups in total. The van der Waals surface area contributed by atoms with Crippen molar-refractivity contribution in [2.75, 3.05) is 19.7 Å². The van der Waals surface area contributed by atoms with Crippen molar-refractivity contribution in [2.45, 2.75) is 18.9 Å². The summed E-state index contributed by atoms with van der Waals surface area (Å²) in [6.45, 7) is 0.825. The topological polar surface area (TPSA) is 66.8 Å². The predicted molar refractivity (Wildman–Crippen MR) is 71.4 cm³/mol. The average Bonchev–Trinajstić information content (AvgIpc) is 3.31. The Hall–Kier alpha value is -1.95. The van der Waals surface area contributed by atoms with Crippen molar-refractivity contribution in [1.82, 2.24) is 4.90 Å². The standard InChI is InChI=1S/C15H16FNO4/c16-10-3-4-11(12(18)7-10)15(20)17-5-6-21-13(8-17)14(19)9-1-2-9/h3-4,7,9,13,18H,1-2,5-6,8H2. The maximum absolute atomic E-state index is 13.0. The first-order chi connectivity index (χ1) is 10.1. The van der Waals surface area contributed by atoms with E-state index in [1.54, 1.807) is 0 Å². The minimum absolute atomic E-state index is 0.0379. The normalized spacial score (nSPS) is 22.1. The summed E-state index contributed by atoms with van der Waals surface area (Å²) in [5, 5.41) is 9.68. The fourth-order valence-corrected chi connectivity index (χ4v) is 2.49. The Bertz CT molecular complexity index is 585. The van der Waals surface area contributed by atoms with Crippen molar-refractivity contribution in [3.05, 3.63) is 29.6 Å². The van der Waals surface area contributed by atoms with Crippen molar-refractivity contribution in [3.63, 3.8) is 0 Å². The molecule has 0 radical (unpaired) electrons. The third kappa shape index (κ3) is 2.90. The third-order valence-electron chi connectivity index (χ3n) is 3.84. The molecular formula is C15H16FNO4. The van der Waals surface area contributed by atoms with Gasteiger partial charge in [-0.15, -0.1) is 0 Å². The summed E-state index contributed by atoms with van der Waals surface area (Å²) in [6, 6.07) is 3.28. The van der Waals surface area contributed by atoms with E-state index in [1.165, 1.54) is 11.0 Å². The summed E-state index contributed by atoms with van der Waals surface area (Å²) >= 11 is 0. The number of Topliss-reactive ketones (excluding diaryl/α,β-unsaturated/α-hetero) is 1. The number of carbonyl (C=O) groups excluding carboxylic acids is 2. The highest BCUT2D eigenvalue weighted by Gasteiger charge is 2.38. The molecule has 6 heteroatoms. The van der Waals surface area contributed by atoms with E-state index < -0.39 is 23.6 Å². The molecule has 2 fully saturated rings. The molecule has 0 spiro atoms. The molecule has 1 heterocycles. The van der Waals surface area contributed by atoms with Gasteiger partial charge in [-0.2, -0.15) is 0 Å². The number of rotatable bonds is 3. The number of ether oxygens (including phenoxy) is 1. The molecule has 1 aromatic carbocycles. The molecule has 2 aliphatic rings. The maximum Gasteiger partial charge on any atom is 0.257 e. The minimum Gasteiger partial charge on any atom is -0.507 e. The quantitative estimate of drug-likeness (QED) is 0.913. The second-order valence-electron chi connectivity index (χ2n) is 5.45. The number of nitrogens with zero attached hydrogens (tertiary/aromatic N) is 1. The first-order valence-corrected chi connectivity index (χ1v) is 6.99. The molecule has 21 heavy (non-hydrogen) atoms. The van der Waals surface area contributed by atoms with Crippen molar-refractivity contribution in [3.8, 4) is 5.75 Å². The highest BCUT2D eigenvalue weighted by atomic mass is 19.1. The van der Waals surface area contributed by atoms with Crippen LogP contribution in [0.2, 0.25) is 0 Å². The largest absolute Gasteiger partial charge is 0.507 e. The fourth-order valence-electron chi connectivity index (χ4n) is 2.49. The molecule has 1 aromatic rings. The second kappa shape index (κ2) is 5.44. The molecule has 1 saturated carbocycles. The van der Waals surface area contributed by atoms with Crippen LogP contribution in [-0.2, 0) is 9.53 Å². The number of hydrogen-bond donors (Lipinski definition) is 1. The maximum atomic E-state index is 13.0. The number of morpholine rings is 1. The summed E-state index contributed by atoms with van der Waals surface area (Å²) < 4.78 is 18.4. The van der Waals surface area contributed by atoms with Gasteiger partial charge in [-0.3, -0.25) is 9.59 Å². The van der Waals surface area contributed by atoms with Crippen molar-refractivity contribution < 1.29 is 23.8 Å². The lowest BCUT2D eigenvalue weighted by Crippen LogP contribution is -2.49. The summed E-state index contributed by atoms with van der Waals surface area (Å²) in [6.07, 6.45) is 1.20. The van der Waals surface area contributed by atoms with Gasteiger partial charge in [0.05, 0.1) is 18.7 Å². The van der Waals surface area contributed by atoms with Crippen LogP contribution in [0, 0.1) is 11.7 Å². The zero-order valence-corrected chi connectivity index (χ0v) is 11.4. The number of phenolic OH excluding ortho intramolecular Hbond substituents is 1. The SMILES string of the molecule is O=C(C1CC1)C1CN(C(=O)c2ccc(F)cc2O)CCO1. The lowest BCUT2D eigenvalue weighted by Gasteiger charge is -2.32. The van der Waals surface area contributed by atoms with Gasteiger partial charge >= 0.3 is 0 Å². The van der Waals surface area contributed by atoms with E-state index in [1.807, 2.05) is 0 Å². The molecular weight excluding hydrogens is 277 g/mol. The first kappa shape index (κ1) is 14.0. The lowest BCUT2D eigenvalue weighted by atomic mass is 10.1. The second-order valence-corrected chi connectivity index (χ2v) is 5.45. The van der Waals surface area contributed by atoms with Crippen molar-refractivity contribution >= 4 is 11.7 Å². The summed E-state index contributed by atoms with van der Waals surface area (Å²) in [5.74, 6) is -1.28. The van der Waals surface area contributed by atoms with E-state index >= 15 is 0 Å². The van der Waals surface area contributed by atoms with E-state index in [9.17, 15) is 19.1 Å². The van der Waals surface area contributed by atoms with Gasteiger partial charge in [-0.25, -0.2) is 4.39 Å². The Balaban J connectivity index is 1.73. The molecule has 3 rings (SSSR count). The molecule has 112 valence electrons. The summed E-state index contributed by atoms with van der Waals surface area (Å²) in [5.41, 5.74) is 0.0379. The van der Waals surface area contributed by atoms with Gasteiger partial charge in [-0.05, 0) is 25.0 Å². The predicted octanol–water partition coefficient (Wildman–Crippen LogP) is 1.35. The molecule has 1 saturated heterocycles. The Morgan fingerprint density at radius 2 is 2.10 bits per heavy atom. The van der Waals surface area contributed by atoms with Crippen LogP contribution in [-0.4, -0.2) is 47.5 Å². The number of halogens is 1. The van der Waals surface area contributed by atoms with Crippen LogP contribution >= 0.6 is 0 Å². The highest BCUT2D eigenvalue weighted by Crippen LogP contribution is 2.32. The van der Waals surface area contributed by atoms with Crippen LogP contribution < -0.4 is 0 Å². The van der Waals surface area contributed by atoms with Gasteiger partial charge in [0.25, 0.3) is 5.91 Å². The van der Waals surface area contributed by atoms with Gasteiger partial charge in [0.1, 0.15) is 17.7 Å². The number of phenols is 1. The van der Waals surface area contributed by atoms with Crippen molar-refractivity contribution in [2.24, 2.45) is 5.92 Å². The van der Waals surface area contributed by atoms with Gasteiger partial charge in [0.15, 0.2) is 5.78 Å². The van der Waals surface area contributed by atoms with Crippen LogP contribution in [0.4, 0.5) is 4.39 Å². The summed E-state index contributed by atoms with van der Waals surface area (Å²) in [4.78, 5) is 25.9. The van der Waals surface area contributed by atoms with Crippen LogP contribution in [0.25, 0.3) is 0 Å². The van der Waals surface area contributed by atoms with Gasteiger partial charge in [-0.1, -0.05) is 0 Å². The van der Waals surface area contributed by atoms with E-state index in [2.05, 4.69) is 0 Å². The van der Waals surface area contributed by atoms with Gasteiger partial charge in [0, 0.05) is 18.5 Å².